The van der Waals surface area contributed by atoms with Crippen LogP contribution in [0.5, 0.6) is 0 Å². The van der Waals surface area contributed by atoms with Crippen LogP contribution in [0.25, 0.3) is 0 Å². The number of nitrogens with two attached hydrogens (primary N) is 1. The summed E-state index contributed by atoms with van der Waals surface area (Å²) in [6.45, 7) is 4.76. The van der Waals surface area contributed by atoms with Crippen LogP contribution in [0.3, 0.4) is 0 Å². The highest BCUT2D eigenvalue weighted by Gasteiger charge is 2.65. The summed E-state index contributed by atoms with van der Waals surface area (Å²) in [6, 6.07) is 0. The molecule has 6 nitrogen and oxygen atoms in total. The van der Waals surface area contributed by atoms with E-state index in [0.717, 1.165) is 26.0 Å². The van der Waals surface area contributed by atoms with Crippen molar-refractivity contribution in [2.75, 3.05) is 33.9 Å². The zero-order valence-corrected chi connectivity index (χ0v) is 15.7. The molecule has 0 bridgehead atoms. The van der Waals surface area contributed by atoms with Crippen LogP contribution in [0.2, 0.25) is 0 Å². The number of epoxide rings is 1. The van der Waals surface area contributed by atoms with Gasteiger partial charge < -0.3 is 24.3 Å². The van der Waals surface area contributed by atoms with Crippen LogP contribution >= 0.6 is 0 Å². The number of quaternary nitrogens is 1. The molecule has 0 aromatic carbocycles. The number of carbonyl (C=O) groups excluding carboxylic acids is 1. The molecule has 142 valence electrons. The molecule has 0 radical (unpaired) electrons. The summed E-state index contributed by atoms with van der Waals surface area (Å²) in [5.41, 5.74) is 0.390. The van der Waals surface area contributed by atoms with E-state index in [1.165, 1.54) is 19.3 Å². The molecule has 6 atom stereocenters. The Morgan fingerprint density at radius 3 is 2.76 bits per heavy atom. The van der Waals surface area contributed by atoms with Gasteiger partial charge >= 0.3 is 5.97 Å². The van der Waals surface area contributed by atoms with Crippen molar-refractivity contribution in [3.8, 4) is 0 Å². The number of methoxy groups -OCH3 is 2. The molecule has 2 saturated carbocycles. The molecule has 4 rings (SSSR count). The molecule has 0 aromatic rings. The second-order valence-electron chi connectivity index (χ2n) is 8.76. The number of ether oxygens (including phenoxy) is 4. The number of hydrogen-bond acceptors (Lipinski definition) is 5. The maximum Gasteiger partial charge on any atom is 0.315 e. The van der Waals surface area contributed by atoms with Crippen LogP contribution in [0.15, 0.2) is 0 Å². The Morgan fingerprint density at radius 1 is 1.32 bits per heavy atom. The highest BCUT2D eigenvalue weighted by atomic mass is 16.7. The smallest absolute Gasteiger partial charge is 0.315 e. The van der Waals surface area contributed by atoms with Crippen molar-refractivity contribution in [1.82, 2.24) is 0 Å². The molecule has 4 aliphatic rings. The van der Waals surface area contributed by atoms with Crippen LogP contribution < -0.4 is 5.32 Å². The first-order chi connectivity index (χ1) is 12.0. The van der Waals surface area contributed by atoms with Crippen LogP contribution in [0.1, 0.15) is 39.0 Å². The molecule has 25 heavy (non-hydrogen) atoms. The fraction of sp³-hybridized carbons (Fsp3) is 0.947. The third-order valence-electron chi connectivity index (χ3n) is 7.38. The van der Waals surface area contributed by atoms with Crippen LogP contribution in [0, 0.1) is 23.2 Å². The zero-order valence-electron chi connectivity index (χ0n) is 15.7. The number of esters is 1. The van der Waals surface area contributed by atoms with Gasteiger partial charge in [-0.25, -0.2) is 0 Å². The minimum Gasteiger partial charge on any atom is -0.462 e. The molecule has 1 spiro atoms. The lowest BCUT2D eigenvalue weighted by molar-refractivity contribution is -0.671. The van der Waals surface area contributed by atoms with Gasteiger partial charge in [0.2, 0.25) is 6.29 Å². The fourth-order valence-corrected chi connectivity index (χ4v) is 5.93. The van der Waals surface area contributed by atoms with Crippen LogP contribution in [0.4, 0.5) is 0 Å². The van der Waals surface area contributed by atoms with Crippen molar-refractivity contribution in [2.24, 2.45) is 23.2 Å². The Morgan fingerprint density at radius 2 is 2.08 bits per heavy atom. The first-order valence-electron chi connectivity index (χ1n) is 9.73. The van der Waals surface area contributed by atoms with Crippen molar-refractivity contribution < 1.29 is 29.1 Å². The highest BCUT2D eigenvalue weighted by molar-refractivity contribution is 5.75. The normalized spacial score (nSPS) is 45.4. The fourth-order valence-electron chi connectivity index (χ4n) is 5.93. The standard InChI is InChI=1S/C19H31NO5/c1-18-5-4-6-19(11-24-19)15(18)7-12-13(17(21)25-14(12)8-18)9-20-10-16(22-2)23-3/h12-16,20H,4-11H2,1-3H3/p+1/t12-,13+,14-,15+,18-,19-/m1/s1. The van der Waals surface area contributed by atoms with Gasteiger partial charge in [0.1, 0.15) is 18.6 Å². The predicted molar refractivity (Wildman–Crippen MR) is 89.7 cm³/mol. The van der Waals surface area contributed by atoms with Crippen molar-refractivity contribution in [3.05, 3.63) is 0 Å². The third-order valence-corrected chi connectivity index (χ3v) is 7.38. The van der Waals surface area contributed by atoms with E-state index in [1.54, 1.807) is 14.2 Å². The maximum absolute atomic E-state index is 12.5. The molecule has 0 aromatic heterocycles. The Bertz CT molecular complexity index is 518. The summed E-state index contributed by atoms with van der Waals surface area (Å²) in [6.07, 6.45) is 5.62. The molecule has 2 aliphatic carbocycles. The monoisotopic (exact) mass is 354 g/mol. The van der Waals surface area contributed by atoms with Crippen molar-refractivity contribution in [1.29, 1.82) is 0 Å². The summed E-state index contributed by atoms with van der Waals surface area (Å²) >= 11 is 0. The molecular formula is C19H32NO5+. The molecular weight excluding hydrogens is 322 g/mol. The van der Waals surface area contributed by atoms with Gasteiger partial charge in [0.05, 0.1) is 18.8 Å². The molecule has 0 amide bonds. The Balaban J connectivity index is 1.43. The Kier molecular flexibility index (Phi) is 4.59. The Labute approximate surface area is 149 Å². The van der Waals surface area contributed by atoms with Gasteiger partial charge in [0.15, 0.2) is 0 Å². The Hall–Kier alpha value is -0.690. The van der Waals surface area contributed by atoms with Crippen molar-refractivity contribution in [3.63, 3.8) is 0 Å². The molecule has 0 unspecified atom stereocenters. The van der Waals surface area contributed by atoms with E-state index in [0.29, 0.717) is 18.4 Å². The van der Waals surface area contributed by atoms with Crippen LogP contribution in [-0.2, 0) is 23.7 Å². The lowest BCUT2D eigenvalue weighted by Gasteiger charge is -2.51. The van der Waals surface area contributed by atoms with Crippen molar-refractivity contribution in [2.45, 2.75) is 57.0 Å². The van der Waals surface area contributed by atoms with E-state index in [-0.39, 0.29) is 35.3 Å². The second-order valence-corrected chi connectivity index (χ2v) is 8.76. The highest BCUT2D eigenvalue weighted by Crippen LogP contribution is 2.62. The van der Waals surface area contributed by atoms with Gasteiger partial charge in [-0.1, -0.05) is 6.92 Å². The lowest BCUT2D eigenvalue weighted by Crippen LogP contribution is -2.88. The van der Waals surface area contributed by atoms with Crippen LogP contribution in [-0.4, -0.2) is 57.9 Å². The number of rotatable bonds is 6. The first kappa shape index (κ1) is 17.7. The van der Waals surface area contributed by atoms with E-state index < -0.39 is 0 Å². The zero-order chi connectivity index (χ0) is 17.7. The minimum absolute atomic E-state index is 0.00866. The molecule has 2 N–H and O–H groups in total. The summed E-state index contributed by atoms with van der Waals surface area (Å²) < 4.78 is 22.2. The lowest BCUT2D eigenvalue weighted by atomic mass is 9.53. The van der Waals surface area contributed by atoms with E-state index in [4.69, 9.17) is 18.9 Å². The van der Waals surface area contributed by atoms with E-state index >= 15 is 0 Å². The van der Waals surface area contributed by atoms with Gasteiger partial charge in [0.25, 0.3) is 0 Å². The predicted octanol–water partition coefficient (Wildman–Crippen LogP) is 0.696. The molecule has 6 heteroatoms. The second kappa shape index (κ2) is 6.48. The van der Waals surface area contributed by atoms with E-state index in [9.17, 15) is 4.79 Å². The van der Waals surface area contributed by atoms with E-state index in [2.05, 4.69) is 12.2 Å². The number of carbonyl (C=O) groups is 1. The number of hydrogen-bond donors (Lipinski definition) is 1. The molecule has 2 heterocycles. The van der Waals surface area contributed by atoms with E-state index in [1.807, 2.05) is 0 Å². The summed E-state index contributed by atoms with van der Waals surface area (Å²) in [4.78, 5) is 12.5. The number of fused-ring (bicyclic) bond motifs is 3. The van der Waals surface area contributed by atoms with Gasteiger partial charge in [-0.05, 0) is 43.4 Å². The summed E-state index contributed by atoms with van der Waals surface area (Å²) in [7, 11) is 3.28. The average Bonchev–Trinajstić information content (AvgIpc) is 3.28. The molecule has 2 aliphatic heterocycles. The molecule has 4 fully saturated rings. The average molecular weight is 354 g/mol. The molecule has 2 saturated heterocycles. The quantitative estimate of drug-likeness (QED) is 0.432. The maximum atomic E-state index is 12.5. The van der Waals surface area contributed by atoms with Gasteiger partial charge in [-0.2, -0.15) is 0 Å². The van der Waals surface area contributed by atoms with Crippen molar-refractivity contribution >= 4 is 5.97 Å². The largest absolute Gasteiger partial charge is 0.462 e. The first-order valence-corrected chi connectivity index (χ1v) is 9.73. The minimum atomic E-state index is -0.232. The van der Waals surface area contributed by atoms with Gasteiger partial charge in [-0.15, -0.1) is 0 Å². The topological polar surface area (TPSA) is 73.9 Å². The summed E-state index contributed by atoms with van der Waals surface area (Å²) in [5.74, 6) is 0.898. The third kappa shape index (κ3) is 3.01. The van der Waals surface area contributed by atoms with Gasteiger partial charge in [0, 0.05) is 20.1 Å². The SMILES string of the molecule is COC(C[NH2+]C[C@@H]1C(=O)O[C@@H]2C[C@@]3(C)CCC[C@@]4(CO4)[C@H]3C[C@H]12)OC. The summed E-state index contributed by atoms with van der Waals surface area (Å²) in [5, 5.41) is 2.13. The van der Waals surface area contributed by atoms with Gasteiger partial charge in [-0.3, -0.25) is 4.79 Å².